The fourth-order valence-corrected chi connectivity index (χ4v) is 2.49. The predicted molar refractivity (Wildman–Crippen MR) is 85.7 cm³/mol. The van der Waals surface area contributed by atoms with E-state index in [1.54, 1.807) is 25.1 Å². The summed E-state index contributed by atoms with van der Waals surface area (Å²) in [6.45, 7) is 3.96. The maximum atomic E-state index is 10.9. The Hall–Kier alpha value is -2.08. The molecule has 0 aliphatic heterocycles. The zero-order chi connectivity index (χ0) is 15.6. The van der Waals surface area contributed by atoms with Gasteiger partial charge in [0.2, 0.25) is 0 Å². The highest BCUT2D eigenvalue weighted by Gasteiger charge is 2.13. The van der Waals surface area contributed by atoms with Crippen molar-refractivity contribution in [1.82, 2.24) is 0 Å². The number of halogens is 1. The second-order valence-electron chi connectivity index (χ2n) is 4.81. The van der Waals surface area contributed by atoms with Gasteiger partial charge in [-0.05, 0) is 47.5 Å². The van der Waals surface area contributed by atoms with Gasteiger partial charge in [0.1, 0.15) is 5.75 Å². The highest BCUT2D eigenvalue weighted by Crippen LogP contribution is 2.30. The number of nitro benzene ring substituents is 1. The van der Waals surface area contributed by atoms with Crippen LogP contribution in [0.4, 0.5) is 11.4 Å². The summed E-state index contributed by atoms with van der Waals surface area (Å²) in [5.41, 5.74) is 3.08. The molecule has 0 heterocycles. The van der Waals surface area contributed by atoms with Gasteiger partial charge in [-0.25, -0.2) is 0 Å². The highest BCUT2D eigenvalue weighted by molar-refractivity contribution is 9.10. The van der Waals surface area contributed by atoms with E-state index in [4.69, 9.17) is 0 Å². The average molecular weight is 351 g/mol. The van der Waals surface area contributed by atoms with E-state index in [1.807, 2.05) is 19.1 Å². The van der Waals surface area contributed by atoms with Crippen LogP contribution in [0.3, 0.4) is 0 Å². The molecule has 0 saturated carbocycles. The molecule has 110 valence electrons. The van der Waals surface area contributed by atoms with Gasteiger partial charge in [0.25, 0.3) is 5.69 Å². The molecule has 0 unspecified atom stereocenters. The van der Waals surface area contributed by atoms with Crippen LogP contribution in [-0.2, 0) is 6.54 Å². The molecule has 2 aromatic carbocycles. The van der Waals surface area contributed by atoms with E-state index >= 15 is 0 Å². The summed E-state index contributed by atoms with van der Waals surface area (Å²) in [5, 5.41) is 24.0. The quantitative estimate of drug-likeness (QED) is 0.636. The molecule has 0 bridgehead atoms. The Labute approximate surface area is 130 Å². The molecule has 21 heavy (non-hydrogen) atoms. The molecule has 0 amide bonds. The van der Waals surface area contributed by atoms with Crippen LogP contribution in [0.15, 0.2) is 34.8 Å². The van der Waals surface area contributed by atoms with E-state index in [9.17, 15) is 15.2 Å². The molecule has 0 aliphatic carbocycles. The molecular formula is C15H15BrN2O3. The summed E-state index contributed by atoms with van der Waals surface area (Å²) in [7, 11) is 0. The van der Waals surface area contributed by atoms with Crippen molar-refractivity contribution in [2.75, 3.05) is 5.32 Å². The van der Waals surface area contributed by atoms with E-state index in [1.165, 1.54) is 0 Å². The number of nitrogens with one attached hydrogen (secondary N) is 1. The van der Waals surface area contributed by atoms with E-state index < -0.39 is 0 Å². The molecule has 6 heteroatoms. The molecule has 0 saturated heterocycles. The Morgan fingerprint density at radius 1 is 1.29 bits per heavy atom. The first-order chi connectivity index (χ1) is 9.90. The number of hydrogen-bond acceptors (Lipinski definition) is 4. The number of para-hydroxylation sites is 1. The lowest BCUT2D eigenvalue weighted by molar-refractivity contribution is -0.385. The summed E-state index contributed by atoms with van der Waals surface area (Å²) in [6, 6.07) is 8.73. The van der Waals surface area contributed by atoms with Crippen molar-refractivity contribution < 1.29 is 10.0 Å². The van der Waals surface area contributed by atoms with Crippen molar-refractivity contribution in [1.29, 1.82) is 0 Å². The summed E-state index contributed by atoms with van der Waals surface area (Å²) in [4.78, 5) is 10.5. The minimum atomic E-state index is -0.383. The fraction of sp³-hybridized carbons (Fsp3) is 0.200. The normalized spacial score (nSPS) is 10.4. The monoisotopic (exact) mass is 350 g/mol. The third-order valence-corrected chi connectivity index (χ3v) is 3.92. The van der Waals surface area contributed by atoms with Gasteiger partial charge in [-0.1, -0.05) is 12.1 Å². The number of anilines is 1. The van der Waals surface area contributed by atoms with Crippen LogP contribution in [0.1, 0.15) is 16.7 Å². The minimum Gasteiger partial charge on any atom is -0.506 e. The number of aromatic hydroxyl groups is 1. The first-order valence-electron chi connectivity index (χ1n) is 6.36. The lowest BCUT2D eigenvalue weighted by Crippen LogP contribution is -2.03. The van der Waals surface area contributed by atoms with Crippen LogP contribution in [0, 0.1) is 24.0 Å². The fourth-order valence-electron chi connectivity index (χ4n) is 2.08. The van der Waals surface area contributed by atoms with Crippen molar-refractivity contribution in [2.24, 2.45) is 0 Å². The number of aryl methyl sites for hydroxylation is 2. The van der Waals surface area contributed by atoms with Gasteiger partial charge in [0.15, 0.2) is 0 Å². The smallest absolute Gasteiger partial charge is 0.272 e. The maximum Gasteiger partial charge on any atom is 0.272 e. The Kier molecular flexibility index (Phi) is 4.47. The van der Waals surface area contributed by atoms with Crippen LogP contribution >= 0.6 is 15.9 Å². The molecule has 2 rings (SSSR count). The summed E-state index contributed by atoms with van der Waals surface area (Å²) >= 11 is 3.27. The molecule has 0 atom stereocenters. The van der Waals surface area contributed by atoms with Crippen molar-refractivity contribution in [3.63, 3.8) is 0 Å². The van der Waals surface area contributed by atoms with E-state index in [2.05, 4.69) is 21.2 Å². The van der Waals surface area contributed by atoms with Crippen molar-refractivity contribution in [3.05, 3.63) is 61.6 Å². The molecule has 0 fully saturated rings. The van der Waals surface area contributed by atoms with Gasteiger partial charge in [-0.15, -0.1) is 0 Å². The van der Waals surface area contributed by atoms with E-state index in [0.717, 1.165) is 16.8 Å². The lowest BCUT2D eigenvalue weighted by Gasteiger charge is -2.12. The number of benzene rings is 2. The summed E-state index contributed by atoms with van der Waals surface area (Å²) < 4.78 is 0.637. The first kappa shape index (κ1) is 15.3. The highest BCUT2D eigenvalue weighted by atomic mass is 79.9. The molecular weight excluding hydrogens is 336 g/mol. The van der Waals surface area contributed by atoms with Crippen LogP contribution in [0.25, 0.3) is 0 Å². The second-order valence-corrected chi connectivity index (χ2v) is 5.67. The number of nitro groups is 1. The van der Waals surface area contributed by atoms with Crippen molar-refractivity contribution >= 4 is 27.3 Å². The average Bonchev–Trinajstić information content (AvgIpc) is 2.43. The van der Waals surface area contributed by atoms with Gasteiger partial charge < -0.3 is 10.4 Å². The van der Waals surface area contributed by atoms with Crippen molar-refractivity contribution in [2.45, 2.75) is 20.4 Å². The Balaban J connectivity index is 2.23. The summed E-state index contributed by atoms with van der Waals surface area (Å²) in [6.07, 6.45) is 0. The number of nitrogens with zero attached hydrogens (tertiary/aromatic N) is 1. The van der Waals surface area contributed by atoms with Gasteiger partial charge in [-0.2, -0.15) is 0 Å². The molecule has 0 radical (unpaired) electrons. The Morgan fingerprint density at radius 2 is 2.00 bits per heavy atom. The molecule has 2 N–H and O–H groups in total. The predicted octanol–water partition coefficient (Wildman–Crippen LogP) is 4.29. The van der Waals surface area contributed by atoms with Crippen LogP contribution < -0.4 is 5.32 Å². The molecule has 2 aromatic rings. The second kappa shape index (κ2) is 6.13. The summed E-state index contributed by atoms with van der Waals surface area (Å²) in [5.74, 6) is 0.196. The molecule has 0 spiro atoms. The number of phenolic OH excluding ortho intramolecular Hbond substituents is 1. The van der Waals surface area contributed by atoms with Gasteiger partial charge >= 0.3 is 0 Å². The topological polar surface area (TPSA) is 75.4 Å². The zero-order valence-electron chi connectivity index (χ0n) is 11.7. The zero-order valence-corrected chi connectivity index (χ0v) is 13.3. The van der Waals surface area contributed by atoms with Crippen LogP contribution in [-0.4, -0.2) is 10.0 Å². The van der Waals surface area contributed by atoms with Gasteiger partial charge in [0, 0.05) is 29.4 Å². The minimum absolute atomic E-state index is 0.114. The lowest BCUT2D eigenvalue weighted by atomic mass is 10.1. The standard InChI is InChI=1S/C15H15BrN2O3/c1-9-7-14(18(20)21)10(2)6-13(9)17-8-11-4-3-5-12(16)15(11)19/h3-7,17,19H,8H2,1-2H3. The third-order valence-electron chi connectivity index (χ3n) is 3.28. The van der Waals surface area contributed by atoms with Gasteiger partial charge in [-0.3, -0.25) is 10.1 Å². The number of hydrogen-bond donors (Lipinski definition) is 2. The van der Waals surface area contributed by atoms with Crippen molar-refractivity contribution in [3.8, 4) is 5.75 Å². The molecule has 0 aromatic heterocycles. The SMILES string of the molecule is Cc1cc([N+](=O)[O-])c(C)cc1NCc1cccc(Br)c1O. The Bertz CT molecular complexity index is 702. The number of rotatable bonds is 4. The molecule has 5 nitrogen and oxygen atoms in total. The molecule has 0 aliphatic rings. The maximum absolute atomic E-state index is 10.9. The van der Waals surface area contributed by atoms with E-state index in [-0.39, 0.29) is 16.4 Å². The van der Waals surface area contributed by atoms with E-state index in [0.29, 0.717) is 16.6 Å². The third kappa shape index (κ3) is 3.33. The Morgan fingerprint density at radius 3 is 2.67 bits per heavy atom. The van der Waals surface area contributed by atoms with Gasteiger partial charge in [0.05, 0.1) is 9.40 Å². The largest absolute Gasteiger partial charge is 0.506 e. The first-order valence-corrected chi connectivity index (χ1v) is 7.15. The van der Waals surface area contributed by atoms with Crippen LogP contribution in [0.5, 0.6) is 5.75 Å². The van der Waals surface area contributed by atoms with Crippen LogP contribution in [0.2, 0.25) is 0 Å². The number of phenols is 1.